The van der Waals surface area contributed by atoms with Crippen LogP contribution in [-0.2, 0) is 0 Å². The third-order valence-electron chi connectivity index (χ3n) is 5.88. The van der Waals surface area contributed by atoms with Gasteiger partial charge in [-0.2, -0.15) is 15.1 Å². The molecule has 2 aromatic heterocycles. The summed E-state index contributed by atoms with van der Waals surface area (Å²) < 4.78 is 7.22. The number of para-hydroxylation sites is 1. The molecule has 7 heteroatoms. The summed E-state index contributed by atoms with van der Waals surface area (Å²) in [6.07, 6.45) is 10.2. The molecule has 0 fully saturated rings. The maximum atomic E-state index is 5.37. The van der Waals surface area contributed by atoms with Crippen LogP contribution < -0.4 is 15.4 Å². The molecule has 1 aliphatic rings. The van der Waals surface area contributed by atoms with E-state index in [4.69, 9.17) is 14.7 Å². The van der Waals surface area contributed by atoms with Gasteiger partial charge in [0.2, 0.25) is 5.95 Å². The predicted octanol–water partition coefficient (Wildman–Crippen LogP) is 5.87. The van der Waals surface area contributed by atoms with Crippen molar-refractivity contribution in [1.29, 1.82) is 0 Å². The van der Waals surface area contributed by atoms with Gasteiger partial charge in [-0.25, -0.2) is 4.68 Å². The summed E-state index contributed by atoms with van der Waals surface area (Å²) in [6.45, 7) is 0.801. The first-order valence-electron chi connectivity index (χ1n) is 11.4. The maximum absolute atomic E-state index is 5.37. The van der Waals surface area contributed by atoms with Crippen LogP contribution in [0.1, 0.15) is 32.1 Å². The van der Waals surface area contributed by atoms with Gasteiger partial charge in [0.15, 0.2) is 5.65 Å². The largest absolute Gasteiger partial charge is 0.497 e. The number of aromatic nitrogens is 4. The molecule has 1 aliphatic carbocycles. The van der Waals surface area contributed by atoms with Gasteiger partial charge in [-0.1, -0.05) is 35.9 Å². The molecule has 0 saturated heterocycles. The van der Waals surface area contributed by atoms with Crippen LogP contribution in [0.3, 0.4) is 0 Å². The molecule has 2 aromatic carbocycles. The molecule has 0 bridgehead atoms. The molecule has 33 heavy (non-hydrogen) atoms. The highest BCUT2D eigenvalue weighted by Gasteiger charge is 2.15. The van der Waals surface area contributed by atoms with E-state index in [0.29, 0.717) is 11.8 Å². The molecule has 5 rings (SSSR count). The molecule has 2 N–H and O–H groups in total. The topological polar surface area (TPSA) is 76.9 Å². The smallest absolute Gasteiger partial charge is 0.226 e. The zero-order valence-corrected chi connectivity index (χ0v) is 18.8. The van der Waals surface area contributed by atoms with Gasteiger partial charge < -0.3 is 15.4 Å². The zero-order chi connectivity index (χ0) is 22.5. The summed E-state index contributed by atoms with van der Waals surface area (Å²) >= 11 is 0. The lowest BCUT2D eigenvalue weighted by molar-refractivity contribution is 0.415. The number of rotatable bonds is 8. The summed E-state index contributed by atoms with van der Waals surface area (Å²) in [5.41, 5.74) is 4.12. The summed E-state index contributed by atoms with van der Waals surface area (Å²) in [4.78, 5) is 9.62. The Labute approximate surface area is 193 Å². The Morgan fingerprint density at radius 3 is 2.76 bits per heavy atom. The minimum absolute atomic E-state index is 0.585. The van der Waals surface area contributed by atoms with Crippen molar-refractivity contribution in [3.05, 3.63) is 72.4 Å². The van der Waals surface area contributed by atoms with E-state index in [2.05, 4.69) is 21.8 Å². The van der Waals surface area contributed by atoms with Crippen LogP contribution in [0.15, 0.2) is 72.4 Å². The van der Waals surface area contributed by atoms with Gasteiger partial charge in [-0.15, -0.1) is 0 Å². The summed E-state index contributed by atoms with van der Waals surface area (Å²) in [5.74, 6) is 2.07. The van der Waals surface area contributed by atoms with Gasteiger partial charge in [-0.3, -0.25) is 0 Å². The first-order valence-corrected chi connectivity index (χ1v) is 11.4. The van der Waals surface area contributed by atoms with Crippen LogP contribution in [0.4, 0.5) is 17.5 Å². The van der Waals surface area contributed by atoms with Crippen LogP contribution in [0.2, 0.25) is 0 Å². The second-order valence-electron chi connectivity index (χ2n) is 8.17. The molecular weight excluding hydrogens is 412 g/mol. The lowest BCUT2D eigenvalue weighted by atomic mass is 9.97. The van der Waals surface area contributed by atoms with Gasteiger partial charge in [-0.05, 0) is 56.4 Å². The highest BCUT2D eigenvalue weighted by Crippen LogP contribution is 2.28. The maximum Gasteiger partial charge on any atom is 0.226 e. The van der Waals surface area contributed by atoms with Gasteiger partial charge in [0.25, 0.3) is 0 Å². The van der Waals surface area contributed by atoms with Crippen molar-refractivity contribution in [3.8, 4) is 11.4 Å². The number of methoxy groups -OCH3 is 1. The van der Waals surface area contributed by atoms with Gasteiger partial charge in [0.05, 0.1) is 24.4 Å². The van der Waals surface area contributed by atoms with Crippen molar-refractivity contribution in [2.75, 3.05) is 24.3 Å². The number of ether oxygens (including phenoxy) is 1. The number of nitrogens with zero attached hydrogens (tertiary/aromatic N) is 4. The molecule has 0 unspecified atom stereocenters. The van der Waals surface area contributed by atoms with E-state index < -0.39 is 0 Å². The van der Waals surface area contributed by atoms with Crippen LogP contribution >= 0.6 is 0 Å². The average Bonchev–Trinajstić information content (AvgIpc) is 3.30. The molecule has 2 heterocycles. The Balaban J connectivity index is 1.48. The minimum Gasteiger partial charge on any atom is -0.497 e. The number of hydrogen-bond acceptors (Lipinski definition) is 6. The number of hydrogen-bond donors (Lipinski definition) is 2. The van der Waals surface area contributed by atoms with E-state index in [1.54, 1.807) is 7.11 Å². The Bertz CT molecular complexity index is 1260. The molecule has 4 aromatic rings. The van der Waals surface area contributed by atoms with Crippen molar-refractivity contribution in [1.82, 2.24) is 19.7 Å². The highest BCUT2D eigenvalue weighted by atomic mass is 16.5. The lowest BCUT2D eigenvalue weighted by Gasteiger charge is -2.14. The molecule has 0 saturated carbocycles. The molecule has 168 valence electrons. The summed E-state index contributed by atoms with van der Waals surface area (Å²) in [7, 11) is 1.66. The SMILES string of the molecule is COc1cccc(Nc2nc(NCCC3=CCCCC3)nc3c2cnn3-c2ccccc2)c1. The second-order valence-corrected chi connectivity index (χ2v) is 8.17. The third-order valence-corrected chi connectivity index (χ3v) is 5.88. The lowest BCUT2D eigenvalue weighted by Crippen LogP contribution is -2.09. The number of allylic oxidation sites excluding steroid dienone is 1. The van der Waals surface area contributed by atoms with E-state index in [0.717, 1.165) is 41.1 Å². The van der Waals surface area contributed by atoms with Crippen molar-refractivity contribution in [2.24, 2.45) is 0 Å². The standard InChI is InChI=1S/C26H28N6O/c1-33-22-14-8-11-20(17-22)29-24-23-18-28-32(21-12-6-3-7-13-21)25(23)31-26(30-24)27-16-15-19-9-4-2-5-10-19/h3,6-9,11-14,17-18H,2,4-5,10,15-16H2,1H3,(H2,27,29,30,31). The summed E-state index contributed by atoms with van der Waals surface area (Å²) in [5, 5.41) is 12.3. The fourth-order valence-corrected chi connectivity index (χ4v) is 4.14. The van der Waals surface area contributed by atoms with E-state index in [1.807, 2.05) is 65.5 Å². The minimum atomic E-state index is 0.585. The monoisotopic (exact) mass is 440 g/mol. The zero-order valence-electron chi connectivity index (χ0n) is 18.8. The second kappa shape index (κ2) is 9.73. The number of fused-ring (bicyclic) bond motifs is 1. The van der Waals surface area contributed by atoms with Crippen LogP contribution in [0.25, 0.3) is 16.7 Å². The van der Waals surface area contributed by atoms with E-state index in [1.165, 1.54) is 31.3 Å². The highest BCUT2D eigenvalue weighted by molar-refractivity contribution is 5.90. The Morgan fingerprint density at radius 2 is 1.94 bits per heavy atom. The quantitative estimate of drug-likeness (QED) is 0.334. The Kier molecular flexibility index (Phi) is 6.19. The van der Waals surface area contributed by atoms with Gasteiger partial charge >= 0.3 is 0 Å². The van der Waals surface area contributed by atoms with Crippen LogP contribution in [-0.4, -0.2) is 33.4 Å². The number of benzene rings is 2. The normalized spacial score (nSPS) is 13.5. The third kappa shape index (κ3) is 4.82. The fraction of sp³-hybridized carbons (Fsp3) is 0.269. The van der Waals surface area contributed by atoms with Crippen molar-refractivity contribution < 1.29 is 4.74 Å². The van der Waals surface area contributed by atoms with Gasteiger partial charge in [0.1, 0.15) is 11.6 Å². The average molecular weight is 441 g/mol. The molecule has 0 aliphatic heterocycles. The Morgan fingerprint density at radius 1 is 1.03 bits per heavy atom. The van der Waals surface area contributed by atoms with Crippen LogP contribution in [0, 0.1) is 0 Å². The number of anilines is 3. The summed E-state index contributed by atoms with van der Waals surface area (Å²) in [6, 6.07) is 17.8. The van der Waals surface area contributed by atoms with Crippen molar-refractivity contribution in [3.63, 3.8) is 0 Å². The first kappa shape index (κ1) is 21.0. The van der Waals surface area contributed by atoms with Crippen LogP contribution in [0.5, 0.6) is 5.75 Å². The number of nitrogens with one attached hydrogen (secondary N) is 2. The van der Waals surface area contributed by atoms with Crippen molar-refractivity contribution in [2.45, 2.75) is 32.1 Å². The molecule has 7 nitrogen and oxygen atoms in total. The van der Waals surface area contributed by atoms with E-state index >= 15 is 0 Å². The van der Waals surface area contributed by atoms with Crippen molar-refractivity contribution >= 4 is 28.5 Å². The fourth-order valence-electron chi connectivity index (χ4n) is 4.14. The Hall–Kier alpha value is -3.87. The van der Waals surface area contributed by atoms with Gasteiger partial charge in [0, 0.05) is 18.3 Å². The molecule has 0 atom stereocenters. The first-order chi connectivity index (χ1) is 16.3. The predicted molar refractivity (Wildman–Crippen MR) is 133 cm³/mol. The molecule has 0 spiro atoms. The van der Waals surface area contributed by atoms with E-state index in [9.17, 15) is 0 Å². The molecule has 0 radical (unpaired) electrons. The van der Waals surface area contributed by atoms with E-state index in [-0.39, 0.29) is 0 Å². The molecule has 0 amide bonds. The molecular formula is C26H28N6O.